The van der Waals surface area contributed by atoms with Crippen LogP contribution in [0.5, 0.6) is 0 Å². The first-order chi connectivity index (χ1) is 10.2. The van der Waals surface area contributed by atoms with E-state index in [1.807, 2.05) is 24.3 Å². The summed E-state index contributed by atoms with van der Waals surface area (Å²) in [5, 5.41) is 2.99. The van der Waals surface area contributed by atoms with Gasteiger partial charge in [-0.1, -0.05) is 36.4 Å². The lowest BCUT2D eigenvalue weighted by Crippen LogP contribution is -2.20. The van der Waals surface area contributed by atoms with Crippen molar-refractivity contribution in [1.82, 2.24) is 0 Å². The Morgan fingerprint density at radius 1 is 1.14 bits per heavy atom. The summed E-state index contributed by atoms with van der Waals surface area (Å²) in [6.07, 6.45) is 3.14. The molecule has 3 nitrogen and oxygen atoms in total. The number of amides is 1. The molecule has 0 bridgehead atoms. The molecule has 1 spiro atoms. The highest BCUT2D eigenvalue weighted by molar-refractivity contribution is 5.98. The third-order valence-corrected chi connectivity index (χ3v) is 5.00. The summed E-state index contributed by atoms with van der Waals surface area (Å²) in [7, 11) is 0. The lowest BCUT2D eigenvalue weighted by atomic mass is 9.95. The van der Waals surface area contributed by atoms with Crippen molar-refractivity contribution in [2.24, 2.45) is 5.92 Å². The Labute approximate surface area is 124 Å². The number of anilines is 2. The second-order valence-electron chi connectivity index (χ2n) is 6.15. The fraction of sp³-hybridized carbons (Fsp3) is 0.278. The van der Waals surface area contributed by atoms with Crippen LogP contribution in [-0.4, -0.2) is 5.91 Å². The number of nitrogen functional groups attached to an aromatic ring is 1. The zero-order chi connectivity index (χ0) is 14.4. The summed E-state index contributed by atoms with van der Waals surface area (Å²) < 4.78 is 0. The Kier molecular flexibility index (Phi) is 2.58. The largest absolute Gasteiger partial charge is 0.397 e. The van der Waals surface area contributed by atoms with Crippen LogP contribution in [0.25, 0.3) is 0 Å². The Bertz CT molecular complexity index is 725. The molecule has 2 atom stereocenters. The highest BCUT2D eigenvalue weighted by Crippen LogP contribution is 2.61. The molecule has 0 radical (unpaired) electrons. The molecule has 0 unspecified atom stereocenters. The van der Waals surface area contributed by atoms with Crippen molar-refractivity contribution in [3.63, 3.8) is 0 Å². The van der Waals surface area contributed by atoms with Gasteiger partial charge in [0.25, 0.3) is 0 Å². The van der Waals surface area contributed by atoms with Crippen molar-refractivity contribution < 1.29 is 4.79 Å². The molecule has 3 heteroatoms. The number of carbonyl (C=O) groups excluding carboxylic acids is 1. The van der Waals surface area contributed by atoms with Crippen LogP contribution in [0.1, 0.15) is 24.0 Å². The van der Waals surface area contributed by atoms with Gasteiger partial charge in [-0.05, 0) is 42.5 Å². The van der Waals surface area contributed by atoms with Crippen LogP contribution in [0.4, 0.5) is 11.4 Å². The van der Waals surface area contributed by atoms with Gasteiger partial charge >= 0.3 is 0 Å². The summed E-state index contributed by atoms with van der Waals surface area (Å²) >= 11 is 0. The predicted molar refractivity (Wildman–Crippen MR) is 84.0 cm³/mol. The van der Waals surface area contributed by atoms with Crippen LogP contribution in [0.3, 0.4) is 0 Å². The number of carbonyl (C=O) groups is 1. The molecule has 0 aliphatic heterocycles. The molecule has 2 aromatic carbocycles. The lowest BCUT2D eigenvalue weighted by molar-refractivity contribution is -0.117. The summed E-state index contributed by atoms with van der Waals surface area (Å²) in [5.74, 6) is 0.186. The van der Waals surface area contributed by atoms with Crippen molar-refractivity contribution in [2.75, 3.05) is 11.1 Å². The molecule has 1 fully saturated rings. The average Bonchev–Trinajstić information content (AvgIpc) is 3.12. The van der Waals surface area contributed by atoms with Gasteiger partial charge in [0.1, 0.15) is 0 Å². The topological polar surface area (TPSA) is 55.1 Å². The van der Waals surface area contributed by atoms with Gasteiger partial charge < -0.3 is 11.1 Å². The number of rotatable bonds is 2. The van der Waals surface area contributed by atoms with E-state index in [1.54, 1.807) is 0 Å². The van der Waals surface area contributed by atoms with Gasteiger partial charge in [-0.2, -0.15) is 0 Å². The number of fused-ring (bicyclic) bond motifs is 2. The molecule has 2 aliphatic rings. The second-order valence-corrected chi connectivity index (χ2v) is 6.15. The molecule has 0 aromatic heterocycles. The maximum absolute atomic E-state index is 12.5. The Morgan fingerprint density at radius 2 is 1.90 bits per heavy atom. The van der Waals surface area contributed by atoms with Crippen molar-refractivity contribution >= 4 is 17.3 Å². The predicted octanol–water partition coefficient (Wildman–Crippen LogP) is 3.11. The Balaban J connectivity index is 1.56. The van der Waals surface area contributed by atoms with Gasteiger partial charge in [-0.15, -0.1) is 0 Å². The van der Waals surface area contributed by atoms with Gasteiger partial charge in [0.2, 0.25) is 5.91 Å². The van der Waals surface area contributed by atoms with Crippen molar-refractivity contribution in [3.05, 3.63) is 59.7 Å². The van der Waals surface area contributed by atoms with E-state index in [1.165, 1.54) is 11.1 Å². The fourth-order valence-corrected chi connectivity index (χ4v) is 3.77. The third kappa shape index (κ3) is 1.84. The molecule has 2 aromatic rings. The Hall–Kier alpha value is -2.29. The SMILES string of the molecule is Nc1ccccc1NC(=O)[C@H]1C[C@@]12CCc1ccccc12. The van der Waals surface area contributed by atoms with Crippen LogP contribution in [0, 0.1) is 5.92 Å². The monoisotopic (exact) mass is 278 g/mol. The Morgan fingerprint density at radius 3 is 2.76 bits per heavy atom. The first-order valence-electron chi connectivity index (χ1n) is 7.44. The summed E-state index contributed by atoms with van der Waals surface area (Å²) in [4.78, 5) is 12.5. The van der Waals surface area contributed by atoms with Gasteiger partial charge in [-0.3, -0.25) is 4.79 Å². The van der Waals surface area contributed by atoms with Gasteiger partial charge in [-0.25, -0.2) is 0 Å². The van der Waals surface area contributed by atoms with Crippen molar-refractivity contribution in [3.8, 4) is 0 Å². The first-order valence-corrected chi connectivity index (χ1v) is 7.44. The normalized spacial score (nSPS) is 25.6. The van der Waals surface area contributed by atoms with Gasteiger partial charge in [0.05, 0.1) is 11.4 Å². The zero-order valence-electron chi connectivity index (χ0n) is 11.8. The molecular weight excluding hydrogens is 260 g/mol. The molecule has 1 saturated carbocycles. The number of benzene rings is 2. The molecule has 4 rings (SSSR count). The van der Waals surface area contributed by atoms with E-state index in [9.17, 15) is 4.79 Å². The highest BCUT2D eigenvalue weighted by atomic mass is 16.2. The zero-order valence-corrected chi connectivity index (χ0v) is 11.8. The molecule has 106 valence electrons. The second kappa shape index (κ2) is 4.35. The van der Waals surface area contributed by atoms with Crippen LogP contribution in [0.2, 0.25) is 0 Å². The van der Waals surface area contributed by atoms with E-state index >= 15 is 0 Å². The quantitative estimate of drug-likeness (QED) is 0.829. The number of nitrogens with two attached hydrogens (primary N) is 1. The minimum atomic E-state index is 0.0840. The molecule has 1 amide bonds. The first kappa shape index (κ1) is 12.5. The third-order valence-electron chi connectivity index (χ3n) is 5.00. The van der Waals surface area contributed by atoms with Crippen LogP contribution in [-0.2, 0) is 16.6 Å². The van der Waals surface area contributed by atoms with E-state index in [4.69, 9.17) is 5.73 Å². The van der Waals surface area contributed by atoms with E-state index in [2.05, 4.69) is 29.6 Å². The molecule has 21 heavy (non-hydrogen) atoms. The molecular formula is C18H18N2O. The smallest absolute Gasteiger partial charge is 0.228 e. The van der Waals surface area contributed by atoms with E-state index < -0.39 is 0 Å². The standard InChI is InChI=1S/C18H18N2O/c19-15-7-3-4-8-16(15)20-17(21)14-11-18(14)10-9-12-5-1-2-6-13(12)18/h1-8,14H,9-11,19H2,(H,20,21)/t14-,18-/m1/s1. The molecule has 0 heterocycles. The van der Waals surface area contributed by atoms with E-state index in [0.717, 1.165) is 24.9 Å². The molecule has 0 saturated heterocycles. The molecule has 2 aliphatic carbocycles. The average molecular weight is 278 g/mol. The minimum absolute atomic E-state index is 0.0840. The number of aryl methyl sites for hydroxylation is 1. The van der Waals surface area contributed by atoms with Gasteiger partial charge in [0.15, 0.2) is 0 Å². The molecule has 3 N–H and O–H groups in total. The van der Waals surface area contributed by atoms with Crippen molar-refractivity contribution in [2.45, 2.75) is 24.7 Å². The number of hydrogen-bond acceptors (Lipinski definition) is 2. The van der Waals surface area contributed by atoms with E-state index in [0.29, 0.717) is 5.69 Å². The number of para-hydroxylation sites is 2. The lowest BCUT2D eigenvalue weighted by Gasteiger charge is -2.12. The van der Waals surface area contributed by atoms with Gasteiger partial charge in [0, 0.05) is 11.3 Å². The van der Waals surface area contributed by atoms with Crippen molar-refractivity contribution in [1.29, 1.82) is 0 Å². The summed E-state index contributed by atoms with van der Waals surface area (Å²) in [6.45, 7) is 0. The number of nitrogens with one attached hydrogen (secondary N) is 1. The fourth-order valence-electron chi connectivity index (χ4n) is 3.77. The summed E-state index contributed by atoms with van der Waals surface area (Å²) in [5.41, 5.74) is 10.1. The number of hydrogen-bond donors (Lipinski definition) is 2. The van der Waals surface area contributed by atoms with Crippen LogP contribution >= 0.6 is 0 Å². The van der Waals surface area contributed by atoms with Crippen LogP contribution in [0.15, 0.2) is 48.5 Å². The maximum atomic E-state index is 12.5. The highest BCUT2D eigenvalue weighted by Gasteiger charge is 2.61. The van der Waals surface area contributed by atoms with E-state index in [-0.39, 0.29) is 17.2 Å². The van der Waals surface area contributed by atoms with Crippen LogP contribution < -0.4 is 11.1 Å². The maximum Gasteiger partial charge on any atom is 0.228 e. The summed E-state index contributed by atoms with van der Waals surface area (Å²) in [6, 6.07) is 16.0. The minimum Gasteiger partial charge on any atom is -0.397 e.